The highest BCUT2D eigenvalue weighted by molar-refractivity contribution is 7.10. The average molecular weight is 324 g/mol. The number of rotatable bonds is 3. The average Bonchev–Trinajstić information content (AvgIpc) is 3.12. The van der Waals surface area contributed by atoms with E-state index in [1.165, 1.54) is 10.9 Å². The number of halogens is 2. The van der Waals surface area contributed by atoms with Gasteiger partial charge in [-0.25, -0.2) is 4.39 Å². The lowest BCUT2D eigenvalue weighted by atomic mass is 10.1. The van der Waals surface area contributed by atoms with Crippen molar-refractivity contribution in [1.82, 2.24) is 4.90 Å². The number of carbonyl (C=O) groups is 1. The highest BCUT2D eigenvalue weighted by atomic mass is 35.5. The van der Waals surface area contributed by atoms with Gasteiger partial charge in [0, 0.05) is 34.5 Å². The van der Waals surface area contributed by atoms with Gasteiger partial charge in [-0.3, -0.25) is 4.79 Å². The van der Waals surface area contributed by atoms with Crippen molar-refractivity contribution in [2.45, 2.75) is 18.8 Å². The van der Waals surface area contributed by atoms with E-state index < -0.39 is 5.82 Å². The first kappa shape index (κ1) is 14.5. The molecule has 1 amide bonds. The van der Waals surface area contributed by atoms with Crippen molar-refractivity contribution in [2.24, 2.45) is 0 Å². The van der Waals surface area contributed by atoms with Gasteiger partial charge in [-0.05, 0) is 30.0 Å². The molecule has 21 heavy (non-hydrogen) atoms. The van der Waals surface area contributed by atoms with Crippen LogP contribution in [0.3, 0.4) is 0 Å². The smallest absolute Gasteiger partial charge is 0.227 e. The Morgan fingerprint density at radius 3 is 2.95 bits per heavy atom. The van der Waals surface area contributed by atoms with Crippen LogP contribution in [0.5, 0.6) is 0 Å². The van der Waals surface area contributed by atoms with Gasteiger partial charge in [0.05, 0.1) is 6.42 Å². The Morgan fingerprint density at radius 2 is 2.24 bits per heavy atom. The molecule has 1 aromatic carbocycles. The third kappa shape index (κ3) is 3.11. The van der Waals surface area contributed by atoms with Crippen LogP contribution >= 0.6 is 22.9 Å². The monoisotopic (exact) mass is 323 g/mol. The summed E-state index contributed by atoms with van der Waals surface area (Å²) in [5.74, 6) is -0.0593. The van der Waals surface area contributed by atoms with Gasteiger partial charge in [0.2, 0.25) is 5.91 Å². The Kier molecular flexibility index (Phi) is 4.27. The minimum atomic E-state index is -0.412. The van der Waals surface area contributed by atoms with Crippen molar-refractivity contribution in [1.29, 1.82) is 0 Å². The summed E-state index contributed by atoms with van der Waals surface area (Å²) >= 11 is 7.70. The van der Waals surface area contributed by atoms with Gasteiger partial charge in [0.15, 0.2) is 0 Å². The molecule has 110 valence electrons. The van der Waals surface area contributed by atoms with E-state index >= 15 is 0 Å². The van der Waals surface area contributed by atoms with Crippen LogP contribution in [-0.4, -0.2) is 23.9 Å². The lowest BCUT2D eigenvalue weighted by Gasteiger charge is -2.17. The number of hydrogen-bond acceptors (Lipinski definition) is 2. The quantitative estimate of drug-likeness (QED) is 0.832. The van der Waals surface area contributed by atoms with Crippen molar-refractivity contribution < 1.29 is 9.18 Å². The molecule has 1 fully saturated rings. The maximum absolute atomic E-state index is 13.7. The molecule has 0 saturated carbocycles. The number of thiophene rings is 1. The molecule has 1 saturated heterocycles. The highest BCUT2D eigenvalue weighted by Gasteiger charge is 2.28. The molecule has 1 atom stereocenters. The number of amides is 1. The summed E-state index contributed by atoms with van der Waals surface area (Å²) in [7, 11) is 0. The lowest BCUT2D eigenvalue weighted by molar-refractivity contribution is -0.129. The van der Waals surface area contributed by atoms with Crippen LogP contribution in [0.25, 0.3) is 0 Å². The van der Waals surface area contributed by atoms with Crippen molar-refractivity contribution in [2.75, 3.05) is 13.1 Å². The molecule has 0 N–H and O–H groups in total. The van der Waals surface area contributed by atoms with E-state index in [0.717, 1.165) is 13.0 Å². The Labute approximate surface area is 132 Å². The molecule has 1 aliphatic rings. The Morgan fingerprint density at radius 1 is 1.38 bits per heavy atom. The van der Waals surface area contributed by atoms with E-state index in [1.807, 2.05) is 11.0 Å². The second-order valence-electron chi connectivity index (χ2n) is 5.22. The van der Waals surface area contributed by atoms with E-state index in [9.17, 15) is 9.18 Å². The second-order valence-corrected chi connectivity index (χ2v) is 6.60. The zero-order valence-corrected chi connectivity index (χ0v) is 13.0. The Hall–Kier alpha value is -1.39. The van der Waals surface area contributed by atoms with E-state index in [4.69, 9.17) is 11.6 Å². The van der Waals surface area contributed by atoms with Gasteiger partial charge in [-0.2, -0.15) is 0 Å². The van der Waals surface area contributed by atoms with Gasteiger partial charge in [-0.15, -0.1) is 11.3 Å². The fraction of sp³-hybridized carbons (Fsp3) is 0.312. The predicted octanol–water partition coefficient (Wildman–Crippen LogP) is 4.10. The van der Waals surface area contributed by atoms with Crippen molar-refractivity contribution in [3.05, 3.63) is 57.0 Å². The molecular formula is C16H15ClFNOS. The van der Waals surface area contributed by atoms with Crippen LogP contribution in [0.1, 0.15) is 22.8 Å². The Balaban J connectivity index is 1.67. The zero-order valence-electron chi connectivity index (χ0n) is 11.4. The predicted molar refractivity (Wildman–Crippen MR) is 83.4 cm³/mol. The van der Waals surface area contributed by atoms with Crippen LogP contribution in [0.2, 0.25) is 5.02 Å². The van der Waals surface area contributed by atoms with E-state index in [2.05, 4.69) is 11.4 Å². The summed E-state index contributed by atoms with van der Waals surface area (Å²) in [6, 6.07) is 8.65. The molecule has 2 nitrogen and oxygen atoms in total. The van der Waals surface area contributed by atoms with Crippen molar-refractivity contribution in [3.63, 3.8) is 0 Å². The topological polar surface area (TPSA) is 20.3 Å². The molecule has 0 aliphatic carbocycles. The molecule has 5 heteroatoms. The minimum Gasteiger partial charge on any atom is -0.342 e. The summed E-state index contributed by atoms with van der Waals surface area (Å²) in [6.07, 6.45) is 1.000. The van der Waals surface area contributed by atoms with Crippen LogP contribution < -0.4 is 0 Å². The number of hydrogen-bond donors (Lipinski definition) is 0. The summed E-state index contributed by atoms with van der Waals surface area (Å²) in [5.41, 5.74) is 0.295. The maximum Gasteiger partial charge on any atom is 0.227 e. The second kappa shape index (κ2) is 6.16. The van der Waals surface area contributed by atoms with Crippen molar-refractivity contribution in [3.8, 4) is 0 Å². The summed E-state index contributed by atoms with van der Waals surface area (Å²) in [4.78, 5) is 15.5. The van der Waals surface area contributed by atoms with Gasteiger partial charge in [0.25, 0.3) is 0 Å². The molecule has 2 aromatic rings. The minimum absolute atomic E-state index is 0.0304. The Bertz CT molecular complexity index is 623. The van der Waals surface area contributed by atoms with Crippen LogP contribution in [0.15, 0.2) is 35.7 Å². The third-order valence-electron chi connectivity index (χ3n) is 3.88. The summed E-state index contributed by atoms with van der Waals surface area (Å²) < 4.78 is 13.7. The van der Waals surface area contributed by atoms with Crippen LogP contribution in [0.4, 0.5) is 4.39 Å². The molecule has 1 aromatic heterocycles. The zero-order chi connectivity index (χ0) is 14.8. The molecule has 0 radical (unpaired) electrons. The molecule has 0 bridgehead atoms. The number of likely N-dealkylation sites (tertiary alicyclic amines) is 1. The molecule has 1 aliphatic heterocycles. The van der Waals surface area contributed by atoms with Gasteiger partial charge < -0.3 is 4.90 Å². The summed E-state index contributed by atoms with van der Waals surface area (Å²) in [5, 5.41) is 2.37. The normalized spacial score (nSPS) is 18.2. The molecular weight excluding hydrogens is 309 g/mol. The first-order valence-electron chi connectivity index (χ1n) is 6.89. The first-order valence-corrected chi connectivity index (χ1v) is 8.15. The third-order valence-corrected chi connectivity index (χ3v) is 5.27. The van der Waals surface area contributed by atoms with E-state index in [-0.39, 0.29) is 12.3 Å². The van der Waals surface area contributed by atoms with Crippen molar-refractivity contribution >= 4 is 28.8 Å². The molecule has 0 spiro atoms. The largest absolute Gasteiger partial charge is 0.342 e. The van der Waals surface area contributed by atoms with Crippen LogP contribution in [0, 0.1) is 5.82 Å². The van der Waals surface area contributed by atoms with Gasteiger partial charge >= 0.3 is 0 Å². The number of benzene rings is 1. The highest BCUT2D eigenvalue weighted by Crippen LogP contribution is 2.31. The number of carbonyl (C=O) groups excluding carboxylic acids is 1. The fourth-order valence-corrected chi connectivity index (χ4v) is 3.79. The van der Waals surface area contributed by atoms with Gasteiger partial charge in [0.1, 0.15) is 5.82 Å². The van der Waals surface area contributed by atoms with E-state index in [0.29, 0.717) is 23.0 Å². The fourth-order valence-electron chi connectivity index (χ4n) is 2.71. The summed E-state index contributed by atoms with van der Waals surface area (Å²) in [6.45, 7) is 1.44. The molecule has 2 heterocycles. The maximum atomic E-state index is 13.7. The molecule has 3 rings (SSSR count). The SMILES string of the molecule is O=C(Cc1c(F)cccc1Cl)N1CCC(c2cccs2)C1. The van der Waals surface area contributed by atoms with E-state index in [1.54, 1.807) is 23.5 Å². The standard InChI is InChI=1S/C16H15ClFNOS/c17-13-3-1-4-14(18)12(13)9-16(20)19-7-6-11(10-19)15-5-2-8-21-15/h1-5,8,11H,6-7,9-10H2. The first-order chi connectivity index (χ1) is 10.1. The van der Waals surface area contributed by atoms with Crippen LogP contribution in [-0.2, 0) is 11.2 Å². The molecule has 1 unspecified atom stereocenters. The lowest BCUT2D eigenvalue weighted by Crippen LogP contribution is -2.30. The number of nitrogens with zero attached hydrogens (tertiary/aromatic N) is 1. The van der Waals surface area contributed by atoms with Gasteiger partial charge in [-0.1, -0.05) is 23.7 Å².